The van der Waals surface area contributed by atoms with E-state index < -0.39 is 0 Å². The molecule has 0 fully saturated rings. The third kappa shape index (κ3) is 6.09. The molecule has 0 aromatic heterocycles. The van der Waals surface area contributed by atoms with Crippen LogP contribution in [0.4, 0.5) is 0 Å². The Morgan fingerprint density at radius 2 is 1.80 bits per heavy atom. The van der Waals surface area contributed by atoms with Crippen LogP contribution >= 0.6 is 0 Å². The molecular formula is C9H21N. The molecule has 0 aromatic carbocycles. The van der Waals surface area contributed by atoms with Crippen molar-refractivity contribution >= 4 is 0 Å². The highest BCUT2D eigenvalue weighted by atomic mass is 14.6. The van der Waals surface area contributed by atoms with Gasteiger partial charge in [-0.2, -0.15) is 0 Å². The zero-order chi connectivity index (χ0) is 8.20. The predicted molar refractivity (Wildman–Crippen MR) is 47.0 cm³/mol. The molecule has 0 bridgehead atoms. The lowest BCUT2D eigenvalue weighted by Gasteiger charge is -2.19. The smallest absolute Gasteiger partial charge is 0.00364 e. The average molecular weight is 143 g/mol. The van der Waals surface area contributed by atoms with Gasteiger partial charge < -0.3 is 5.73 Å². The average Bonchev–Trinajstić information content (AvgIpc) is 1.81. The van der Waals surface area contributed by atoms with E-state index >= 15 is 0 Å². The van der Waals surface area contributed by atoms with Gasteiger partial charge in [0.2, 0.25) is 0 Å². The van der Waals surface area contributed by atoms with E-state index in [9.17, 15) is 0 Å². The van der Waals surface area contributed by atoms with E-state index in [0.717, 1.165) is 6.42 Å². The van der Waals surface area contributed by atoms with E-state index in [4.69, 9.17) is 5.73 Å². The van der Waals surface area contributed by atoms with Crippen LogP contribution in [0, 0.1) is 5.41 Å². The van der Waals surface area contributed by atoms with Gasteiger partial charge in [-0.3, -0.25) is 0 Å². The Morgan fingerprint density at radius 1 is 1.30 bits per heavy atom. The van der Waals surface area contributed by atoms with Crippen molar-refractivity contribution in [3.8, 4) is 0 Å². The van der Waals surface area contributed by atoms with Gasteiger partial charge in [0.15, 0.2) is 0 Å². The maximum Gasteiger partial charge on any atom is 0.00364 e. The zero-order valence-corrected chi connectivity index (χ0v) is 7.78. The number of rotatable bonds is 3. The van der Waals surface area contributed by atoms with E-state index in [0.29, 0.717) is 11.5 Å². The summed E-state index contributed by atoms with van der Waals surface area (Å²) in [6.45, 7) is 8.92. The summed E-state index contributed by atoms with van der Waals surface area (Å²) in [5, 5.41) is 0. The van der Waals surface area contributed by atoms with Crippen molar-refractivity contribution in [3.63, 3.8) is 0 Å². The van der Waals surface area contributed by atoms with E-state index in [1.807, 2.05) is 0 Å². The number of nitrogens with two attached hydrogens (primary N) is 1. The van der Waals surface area contributed by atoms with Crippen molar-refractivity contribution in [3.05, 3.63) is 0 Å². The quantitative estimate of drug-likeness (QED) is 0.645. The normalized spacial score (nSPS) is 15.3. The first kappa shape index (κ1) is 9.96. The van der Waals surface area contributed by atoms with E-state index in [-0.39, 0.29) is 0 Å². The molecule has 0 saturated heterocycles. The molecule has 0 radical (unpaired) electrons. The summed E-state index contributed by atoms with van der Waals surface area (Å²) in [7, 11) is 0. The molecule has 1 atom stereocenters. The summed E-state index contributed by atoms with van der Waals surface area (Å²) in [6.07, 6.45) is 3.51. The first-order valence-electron chi connectivity index (χ1n) is 4.21. The lowest BCUT2D eigenvalue weighted by atomic mass is 9.88. The lowest BCUT2D eigenvalue weighted by Crippen LogP contribution is -2.21. The largest absolute Gasteiger partial charge is 0.328 e. The van der Waals surface area contributed by atoms with Crippen LogP contribution < -0.4 is 5.73 Å². The highest BCUT2D eigenvalue weighted by Crippen LogP contribution is 2.21. The Labute approximate surface area is 65.0 Å². The molecule has 1 unspecified atom stereocenters. The van der Waals surface area contributed by atoms with Gasteiger partial charge in [-0.1, -0.05) is 27.7 Å². The van der Waals surface area contributed by atoms with Gasteiger partial charge in [-0.05, 0) is 24.7 Å². The molecule has 62 valence electrons. The van der Waals surface area contributed by atoms with Gasteiger partial charge in [0.25, 0.3) is 0 Å². The van der Waals surface area contributed by atoms with Crippen LogP contribution in [0.25, 0.3) is 0 Å². The minimum Gasteiger partial charge on any atom is -0.328 e. The molecular weight excluding hydrogens is 122 g/mol. The molecule has 0 aliphatic heterocycles. The Morgan fingerprint density at radius 3 is 2.10 bits per heavy atom. The summed E-state index contributed by atoms with van der Waals surface area (Å²) in [5.41, 5.74) is 6.23. The fraction of sp³-hybridized carbons (Fsp3) is 1.00. The Kier molecular flexibility index (Phi) is 3.95. The second kappa shape index (κ2) is 3.97. The van der Waals surface area contributed by atoms with Crippen LogP contribution in [0.1, 0.15) is 47.0 Å². The van der Waals surface area contributed by atoms with E-state index in [2.05, 4.69) is 27.7 Å². The zero-order valence-electron chi connectivity index (χ0n) is 7.78. The fourth-order valence-electron chi connectivity index (χ4n) is 0.823. The van der Waals surface area contributed by atoms with Gasteiger partial charge in [0, 0.05) is 6.04 Å². The summed E-state index contributed by atoms with van der Waals surface area (Å²) in [4.78, 5) is 0. The summed E-state index contributed by atoms with van der Waals surface area (Å²) in [6, 6.07) is 0.416. The molecule has 0 spiro atoms. The van der Waals surface area contributed by atoms with Crippen LogP contribution in [0.2, 0.25) is 0 Å². The van der Waals surface area contributed by atoms with Crippen LogP contribution in [0.5, 0.6) is 0 Å². The Bertz CT molecular complexity index is 81.2. The number of hydrogen-bond acceptors (Lipinski definition) is 1. The molecule has 0 rings (SSSR count). The Balaban J connectivity index is 3.36. The van der Waals surface area contributed by atoms with Crippen molar-refractivity contribution < 1.29 is 0 Å². The van der Waals surface area contributed by atoms with Crippen LogP contribution in [0.15, 0.2) is 0 Å². The molecule has 10 heavy (non-hydrogen) atoms. The van der Waals surface area contributed by atoms with E-state index in [1.165, 1.54) is 12.8 Å². The van der Waals surface area contributed by atoms with Crippen molar-refractivity contribution in [2.24, 2.45) is 11.1 Å². The third-order valence-corrected chi connectivity index (χ3v) is 1.79. The first-order valence-corrected chi connectivity index (χ1v) is 4.21. The summed E-state index contributed by atoms with van der Waals surface area (Å²) < 4.78 is 0. The molecule has 2 N–H and O–H groups in total. The maximum absolute atomic E-state index is 5.78. The second-order valence-electron chi connectivity index (χ2n) is 4.27. The van der Waals surface area contributed by atoms with Crippen LogP contribution in [0.3, 0.4) is 0 Å². The highest BCUT2D eigenvalue weighted by molar-refractivity contribution is 4.66. The van der Waals surface area contributed by atoms with Gasteiger partial charge in [0.05, 0.1) is 0 Å². The van der Waals surface area contributed by atoms with Crippen LogP contribution in [-0.4, -0.2) is 6.04 Å². The van der Waals surface area contributed by atoms with Crippen molar-refractivity contribution in [1.29, 1.82) is 0 Å². The van der Waals surface area contributed by atoms with Crippen molar-refractivity contribution in [2.75, 3.05) is 0 Å². The Hall–Kier alpha value is -0.0400. The predicted octanol–water partition coefficient (Wildman–Crippen LogP) is 2.55. The fourth-order valence-corrected chi connectivity index (χ4v) is 0.823. The monoisotopic (exact) mass is 143 g/mol. The molecule has 0 saturated carbocycles. The van der Waals surface area contributed by atoms with Crippen LogP contribution in [-0.2, 0) is 0 Å². The molecule has 0 aromatic rings. The minimum absolute atomic E-state index is 0.416. The molecule has 1 heteroatoms. The van der Waals surface area contributed by atoms with Crippen molar-refractivity contribution in [1.82, 2.24) is 0 Å². The second-order valence-corrected chi connectivity index (χ2v) is 4.27. The van der Waals surface area contributed by atoms with E-state index in [1.54, 1.807) is 0 Å². The molecule has 0 aliphatic rings. The molecule has 0 aliphatic carbocycles. The minimum atomic E-state index is 0.416. The van der Waals surface area contributed by atoms with Gasteiger partial charge in [-0.25, -0.2) is 0 Å². The number of hydrogen-bond donors (Lipinski definition) is 1. The molecule has 1 nitrogen and oxygen atoms in total. The summed E-state index contributed by atoms with van der Waals surface area (Å²) in [5.74, 6) is 0. The van der Waals surface area contributed by atoms with Gasteiger partial charge >= 0.3 is 0 Å². The lowest BCUT2D eigenvalue weighted by molar-refractivity contribution is 0.346. The van der Waals surface area contributed by atoms with Crippen molar-refractivity contribution in [2.45, 2.75) is 53.0 Å². The topological polar surface area (TPSA) is 26.0 Å². The first-order chi connectivity index (χ1) is 4.45. The highest BCUT2D eigenvalue weighted by Gasteiger charge is 2.11. The molecule has 0 heterocycles. The summed E-state index contributed by atoms with van der Waals surface area (Å²) >= 11 is 0. The SMILES string of the molecule is CCC(N)CCC(C)(C)C. The standard InChI is InChI=1S/C9H21N/c1-5-8(10)6-7-9(2,3)4/h8H,5-7,10H2,1-4H3. The maximum atomic E-state index is 5.78. The third-order valence-electron chi connectivity index (χ3n) is 1.79. The van der Waals surface area contributed by atoms with Gasteiger partial charge in [0.1, 0.15) is 0 Å². The van der Waals surface area contributed by atoms with Gasteiger partial charge in [-0.15, -0.1) is 0 Å². The molecule has 0 amide bonds.